The van der Waals surface area contributed by atoms with Crippen molar-refractivity contribution < 1.29 is 23.1 Å². The van der Waals surface area contributed by atoms with E-state index in [-0.39, 0.29) is 10.6 Å². The third-order valence-corrected chi connectivity index (χ3v) is 2.40. The Bertz CT molecular complexity index is 396. The normalized spacial score (nSPS) is 12.8. The van der Waals surface area contributed by atoms with Crippen molar-refractivity contribution in [3.63, 3.8) is 0 Å². The smallest absolute Gasteiger partial charge is 0.304 e. The average Bonchev–Trinajstić information content (AvgIpc) is 2.18. The summed E-state index contributed by atoms with van der Waals surface area (Å²) in [6.07, 6.45) is -3.70. The van der Waals surface area contributed by atoms with Gasteiger partial charge in [0.15, 0.2) is 0 Å². The van der Waals surface area contributed by atoms with Gasteiger partial charge in [-0.3, -0.25) is 4.79 Å². The van der Waals surface area contributed by atoms with Gasteiger partial charge in [-0.1, -0.05) is 11.6 Å². The van der Waals surface area contributed by atoms with E-state index < -0.39 is 30.6 Å². The molecule has 0 radical (unpaired) electrons. The highest BCUT2D eigenvalue weighted by Gasteiger charge is 2.27. The van der Waals surface area contributed by atoms with E-state index in [0.717, 1.165) is 18.2 Å². The van der Waals surface area contributed by atoms with Crippen LogP contribution in [0.3, 0.4) is 0 Å². The molecule has 0 heterocycles. The second-order valence-corrected chi connectivity index (χ2v) is 3.61. The maximum atomic E-state index is 12.9. The van der Waals surface area contributed by atoms with Gasteiger partial charge in [-0.2, -0.15) is 0 Å². The standard InChI is InChI=1S/C10H8ClF3O2/c11-8-2-1-5(12)3-6(8)7(10(13)14)4-9(15)16/h1-3,7,10H,4H2,(H,15,16). The van der Waals surface area contributed by atoms with Crippen LogP contribution in [0, 0.1) is 5.82 Å². The molecule has 1 unspecified atom stereocenters. The van der Waals surface area contributed by atoms with Crippen LogP contribution in [0.25, 0.3) is 0 Å². The zero-order valence-corrected chi connectivity index (χ0v) is 8.72. The van der Waals surface area contributed by atoms with E-state index in [4.69, 9.17) is 16.7 Å². The second-order valence-electron chi connectivity index (χ2n) is 3.20. The number of carbonyl (C=O) groups is 1. The summed E-state index contributed by atoms with van der Waals surface area (Å²) in [5.74, 6) is -3.71. The fourth-order valence-corrected chi connectivity index (χ4v) is 1.58. The van der Waals surface area contributed by atoms with Crippen molar-refractivity contribution in [1.82, 2.24) is 0 Å². The Morgan fingerprint density at radius 1 is 1.44 bits per heavy atom. The molecule has 0 aliphatic rings. The summed E-state index contributed by atoms with van der Waals surface area (Å²) in [6.45, 7) is 0. The highest BCUT2D eigenvalue weighted by Crippen LogP contribution is 2.32. The molecule has 2 nitrogen and oxygen atoms in total. The number of rotatable bonds is 4. The topological polar surface area (TPSA) is 37.3 Å². The molecule has 0 fully saturated rings. The number of benzene rings is 1. The Balaban J connectivity index is 3.09. The van der Waals surface area contributed by atoms with Crippen LogP contribution in [-0.4, -0.2) is 17.5 Å². The predicted molar refractivity (Wildman–Crippen MR) is 52.4 cm³/mol. The molecule has 0 aromatic heterocycles. The van der Waals surface area contributed by atoms with Gasteiger partial charge in [0.2, 0.25) is 6.43 Å². The highest BCUT2D eigenvalue weighted by atomic mass is 35.5. The predicted octanol–water partition coefficient (Wildman–Crippen LogP) is 3.30. The van der Waals surface area contributed by atoms with Crippen LogP contribution >= 0.6 is 11.6 Å². The highest BCUT2D eigenvalue weighted by molar-refractivity contribution is 6.31. The molecule has 88 valence electrons. The van der Waals surface area contributed by atoms with Gasteiger partial charge in [0, 0.05) is 5.02 Å². The number of alkyl halides is 2. The first kappa shape index (κ1) is 12.8. The number of hydrogen-bond donors (Lipinski definition) is 1. The van der Waals surface area contributed by atoms with Gasteiger partial charge in [0.25, 0.3) is 0 Å². The van der Waals surface area contributed by atoms with E-state index in [1.54, 1.807) is 0 Å². The fourth-order valence-electron chi connectivity index (χ4n) is 1.32. The van der Waals surface area contributed by atoms with Crippen LogP contribution in [0.15, 0.2) is 18.2 Å². The Labute approximate surface area is 94.6 Å². The Morgan fingerprint density at radius 2 is 2.06 bits per heavy atom. The van der Waals surface area contributed by atoms with E-state index in [2.05, 4.69) is 0 Å². The summed E-state index contributed by atoms with van der Waals surface area (Å²) >= 11 is 5.63. The first-order chi connectivity index (χ1) is 7.41. The summed E-state index contributed by atoms with van der Waals surface area (Å²) in [4.78, 5) is 10.4. The van der Waals surface area contributed by atoms with Gasteiger partial charge in [-0.15, -0.1) is 0 Å². The van der Waals surface area contributed by atoms with E-state index in [9.17, 15) is 18.0 Å². The fraction of sp³-hybridized carbons (Fsp3) is 0.300. The summed E-state index contributed by atoms with van der Waals surface area (Å²) in [6, 6.07) is 2.99. The van der Waals surface area contributed by atoms with Crippen molar-refractivity contribution in [2.75, 3.05) is 0 Å². The summed E-state index contributed by atoms with van der Waals surface area (Å²) in [5, 5.41) is 8.42. The van der Waals surface area contributed by atoms with E-state index in [1.807, 2.05) is 0 Å². The Hall–Kier alpha value is -1.23. The molecule has 1 atom stereocenters. The van der Waals surface area contributed by atoms with E-state index in [0.29, 0.717) is 0 Å². The lowest BCUT2D eigenvalue weighted by Crippen LogP contribution is -2.14. The molecular formula is C10H8ClF3O2. The lowest BCUT2D eigenvalue weighted by Gasteiger charge is -2.15. The lowest BCUT2D eigenvalue weighted by atomic mass is 9.96. The molecule has 0 bridgehead atoms. The molecule has 6 heteroatoms. The zero-order chi connectivity index (χ0) is 12.3. The second kappa shape index (κ2) is 5.21. The van der Waals surface area contributed by atoms with Crippen LogP contribution in [0.2, 0.25) is 5.02 Å². The van der Waals surface area contributed by atoms with Crippen molar-refractivity contribution in [2.24, 2.45) is 0 Å². The molecular weight excluding hydrogens is 245 g/mol. The van der Waals surface area contributed by atoms with Crippen molar-refractivity contribution in [1.29, 1.82) is 0 Å². The van der Waals surface area contributed by atoms with E-state index >= 15 is 0 Å². The maximum Gasteiger partial charge on any atom is 0.304 e. The molecule has 1 rings (SSSR count). The third kappa shape index (κ3) is 3.13. The first-order valence-electron chi connectivity index (χ1n) is 4.36. The number of halogens is 4. The monoisotopic (exact) mass is 252 g/mol. The van der Waals surface area contributed by atoms with Crippen LogP contribution < -0.4 is 0 Å². The van der Waals surface area contributed by atoms with Gasteiger partial charge in [0.05, 0.1) is 12.3 Å². The van der Waals surface area contributed by atoms with Crippen LogP contribution in [0.1, 0.15) is 17.9 Å². The Kier molecular flexibility index (Phi) is 4.18. The quantitative estimate of drug-likeness (QED) is 0.893. The van der Waals surface area contributed by atoms with Crippen LogP contribution in [0.4, 0.5) is 13.2 Å². The largest absolute Gasteiger partial charge is 0.481 e. The maximum absolute atomic E-state index is 12.9. The minimum absolute atomic E-state index is 0.0621. The summed E-state index contributed by atoms with van der Waals surface area (Å²) in [7, 11) is 0. The summed E-state index contributed by atoms with van der Waals surface area (Å²) in [5.41, 5.74) is -0.181. The van der Waals surface area contributed by atoms with Crippen LogP contribution in [-0.2, 0) is 4.79 Å². The van der Waals surface area contributed by atoms with Gasteiger partial charge < -0.3 is 5.11 Å². The van der Waals surface area contributed by atoms with Gasteiger partial charge in [-0.05, 0) is 23.8 Å². The lowest BCUT2D eigenvalue weighted by molar-refractivity contribution is -0.138. The number of aliphatic carboxylic acids is 1. The molecule has 0 amide bonds. The number of carboxylic acids is 1. The van der Waals surface area contributed by atoms with Gasteiger partial charge in [-0.25, -0.2) is 13.2 Å². The zero-order valence-electron chi connectivity index (χ0n) is 7.96. The molecule has 1 aromatic carbocycles. The van der Waals surface area contributed by atoms with Gasteiger partial charge in [0.1, 0.15) is 5.82 Å². The molecule has 0 saturated heterocycles. The molecule has 0 saturated carbocycles. The number of carboxylic acid groups (broad SMARTS) is 1. The molecule has 1 N–H and O–H groups in total. The van der Waals surface area contributed by atoms with Gasteiger partial charge >= 0.3 is 5.97 Å². The van der Waals surface area contributed by atoms with Crippen molar-refractivity contribution in [3.8, 4) is 0 Å². The van der Waals surface area contributed by atoms with Crippen LogP contribution in [0.5, 0.6) is 0 Å². The minimum Gasteiger partial charge on any atom is -0.481 e. The number of hydrogen-bond acceptors (Lipinski definition) is 1. The molecule has 1 aromatic rings. The third-order valence-electron chi connectivity index (χ3n) is 2.06. The first-order valence-corrected chi connectivity index (χ1v) is 4.74. The Morgan fingerprint density at radius 3 is 2.56 bits per heavy atom. The molecule has 0 aliphatic carbocycles. The average molecular weight is 253 g/mol. The van der Waals surface area contributed by atoms with E-state index in [1.165, 1.54) is 0 Å². The van der Waals surface area contributed by atoms with Crippen molar-refractivity contribution >= 4 is 17.6 Å². The SMILES string of the molecule is O=C(O)CC(c1cc(F)ccc1Cl)C(F)F. The van der Waals surface area contributed by atoms with Crippen molar-refractivity contribution in [3.05, 3.63) is 34.6 Å². The molecule has 16 heavy (non-hydrogen) atoms. The summed E-state index contributed by atoms with van der Waals surface area (Å²) < 4.78 is 38.1. The van der Waals surface area contributed by atoms with Crippen molar-refractivity contribution in [2.45, 2.75) is 18.8 Å². The minimum atomic E-state index is -2.91. The molecule has 0 spiro atoms. The molecule has 0 aliphatic heterocycles.